The molecular formula is C9H8N2O2S. The standard InChI is InChI=1S/C9H8N2O2S/c12-5-8-9(10-11-14-8)6-1-3-7(13)4-2-6/h1-4,12-13H,5H2. The first-order chi connectivity index (χ1) is 6.81. The maximum atomic E-state index is 9.10. The summed E-state index contributed by atoms with van der Waals surface area (Å²) in [7, 11) is 0. The second-order valence-corrected chi connectivity index (χ2v) is 3.59. The highest BCUT2D eigenvalue weighted by atomic mass is 32.1. The number of nitrogens with zero attached hydrogens (tertiary/aromatic N) is 2. The number of phenolic OH excluding ortho intramolecular Hbond substituents is 1. The number of aliphatic hydroxyl groups is 1. The van der Waals surface area contributed by atoms with Crippen molar-refractivity contribution in [2.75, 3.05) is 0 Å². The number of aromatic nitrogens is 2. The van der Waals surface area contributed by atoms with E-state index in [0.717, 1.165) is 10.4 Å². The molecule has 0 unspecified atom stereocenters. The molecule has 2 aromatic rings. The van der Waals surface area contributed by atoms with Crippen molar-refractivity contribution in [1.82, 2.24) is 9.59 Å². The third kappa shape index (κ3) is 1.59. The van der Waals surface area contributed by atoms with Gasteiger partial charge in [0.2, 0.25) is 0 Å². The van der Waals surface area contributed by atoms with Crippen LogP contribution in [-0.2, 0) is 6.61 Å². The highest BCUT2D eigenvalue weighted by Crippen LogP contribution is 2.25. The van der Waals surface area contributed by atoms with Gasteiger partial charge in [-0.3, -0.25) is 0 Å². The van der Waals surface area contributed by atoms with E-state index in [0.29, 0.717) is 5.69 Å². The van der Waals surface area contributed by atoms with E-state index in [9.17, 15) is 0 Å². The highest BCUT2D eigenvalue weighted by molar-refractivity contribution is 7.05. The Morgan fingerprint density at radius 2 is 1.93 bits per heavy atom. The topological polar surface area (TPSA) is 66.2 Å². The lowest BCUT2D eigenvalue weighted by Crippen LogP contribution is -1.84. The Morgan fingerprint density at radius 1 is 1.21 bits per heavy atom. The van der Waals surface area contributed by atoms with Crippen molar-refractivity contribution in [3.8, 4) is 17.0 Å². The van der Waals surface area contributed by atoms with Gasteiger partial charge in [0.15, 0.2) is 0 Å². The lowest BCUT2D eigenvalue weighted by Gasteiger charge is -1.98. The summed E-state index contributed by atoms with van der Waals surface area (Å²) in [5.74, 6) is 0.211. The van der Waals surface area contributed by atoms with Crippen LogP contribution in [0, 0.1) is 0 Å². The van der Waals surface area contributed by atoms with Crippen molar-refractivity contribution in [2.24, 2.45) is 0 Å². The molecular weight excluding hydrogens is 200 g/mol. The zero-order valence-corrected chi connectivity index (χ0v) is 8.03. The van der Waals surface area contributed by atoms with Gasteiger partial charge in [0.05, 0.1) is 11.5 Å². The normalized spacial score (nSPS) is 10.4. The molecule has 0 radical (unpaired) electrons. The monoisotopic (exact) mass is 208 g/mol. The molecule has 2 N–H and O–H groups in total. The average molecular weight is 208 g/mol. The van der Waals surface area contributed by atoms with Crippen molar-refractivity contribution in [3.05, 3.63) is 29.1 Å². The summed E-state index contributed by atoms with van der Waals surface area (Å²) in [6.07, 6.45) is 0. The Labute approximate surface area is 84.6 Å². The van der Waals surface area contributed by atoms with Crippen LogP contribution in [0.4, 0.5) is 0 Å². The molecule has 0 aliphatic heterocycles. The smallest absolute Gasteiger partial charge is 0.115 e. The molecule has 0 bridgehead atoms. The minimum atomic E-state index is -0.0616. The van der Waals surface area contributed by atoms with E-state index < -0.39 is 0 Å². The molecule has 1 aromatic carbocycles. The summed E-state index contributed by atoms with van der Waals surface area (Å²) in [5.41, 5.74) is 1.53. The Kier molecular flexibility index (Phi) is 2.43. The molecule has 0 aliphatic rings. The van der Waals surface area contributed by atoms with Crippen LogP contribution in [0.3, 0.4) is 0 Å². The quantitative estimate of drug-likeness (QED) is 0.783. The minimum Gasteiger partial charge on any atom is -0.508 e. The molecule has 0 spiro atoms. The maximum Gasteiger partial charge on any atom is 0.115 e. The number of rotatable bonds is 2. The summed E-state index contributed by atoms with van der Waals surface area (Å²) in [4.78, 5) is 0.732. The number of benzene rings is 1. The van der Waals surface area contributed by atoms with Gasteiger partial charge in [-0.05, 0) is 35.8 Å². The highest BCUT2D eigenvalue weighted by Gasteiger charge is 2.08. The van der Waals surface area contributed by atoms with Crippen LogP contribution in [0.2, 0.25) is 0 Å². The average Bonchev–Trinajstić information content (AvgIpc) is 2.67. The van der Waals surface area contributed by atoms with E-state index in [-0.39, 0.29) is 12.4 Å². The fraction of sp³-hybridized carbons (Fsp3) is 0.111. The molecule has 14 heavy (non-hydrogen) atoms. The van der Waals surface area contributed by atoms with Crippen molar-refractivity contribution in [1.29, 1.82) is 0 Å². The van der Waals surface area contributed by atoms with Gasteiger partial charge in [-0.25, -0.2) is 0 Å². The molecule has 0 amide bonds. The van der Waals surface area contributed by atoms with Crippen LogP contribution in [0.5, 0.6) is 5.75 Å². The molecule has 0 fully saturated rings. The molecule has 2 rings (SSSR count). The van der Waals surface area contributed by atoms with Gasteiger partial charge in [0.25, 0.3) is 0 Å². The zero-order chi connectivity index (χ0) is 9.97. The first-order valence-corrected chi connectivity index (χ1v) is 4.80. The first-order valence-electron chi connectivity index (χ1n) is 4.03. The van der Waals surface area contributed by atoms with E-state index in [1.165, 1.54) is 11.5 Å². The van der Waals surface area contributed by atoms with Crippen LogP contribution >= 0.6 is 11.5 Å². The summed E-state index contributed by atoms with van der Waals surface area (Å²) >= 11 is 1.17. The Morgan fingerprint density at radius 3 is 2.57 bits per heavy atom. The zero-order valence-electron chi connectivity index (χ0n) is 7.21. The third-order valence-corrected chi connectivity index (χ3v) is 2.55. The molecule has 5 heteroatoms. The molecule has 1 heterocycles. The number of phenols is 1. The first kappa shape index (κ1) is 9.11. The van der Waals surface area contributed by atoms with Gasteiger partial charge in [0, 0.05) is 5.56 Å². The molecule has 0 saturated heterocycles. The van der Waals surface area contributed by atoms with E-state index in [1.807, 2.05) is 0 Å². The van der Waals surface area contributed by atoms with Crippen LogP contribution < -0.4 is 0 Å². The largest absolute Gasteiger partial charge is 0.508 e. The minimum absolute atomic E-state index is 0.0616. The second-order valence-electron chi connectivity index (χ2n) is 2.75. The van der Waals surface area contributed by atoms with E-state index in [1.54, 1.807) is 24.3 Å². The van der Waals surface area contributed by atoms with E-state index in [2.05, 4.69) is 9.59 Å². The van der Waals surface area contributed by atoms with E-state index >= 15 is 0 Å². The van der Waals surface area contributed by atoms with Crippen LogP contribution in [0.1, 0.15) is 4.88 Å². The predicted molar refractivity (Wildman–Crippen MR) is 52.9 cm³/mol. The SMILES string of the molecule is OCc1snnc1-c1ccc(O)cc1. The Balaban J connectivity index is 2.44. The number of aromatic hydroxyl groups is 1. The number of hydrogen-bond acceptors (Lipinski definition) is 5. The number of aliphatic hydroxyl groups excluding tert-OH is 1. The maximum absolute atomic E-state index is 9.10. The van der Waals surface area contributed by atoms with Crippen molar-refractivity contribution in [3.63, 3.8) is 0 Å². The molecule has 0 saturated carbocycles. The molecule has 4 nitrogen and oxygen atoms in total. The van der Waals surface area contributed by atoms with Gasteiger partial charge in [0.1, 0.15) is 11.4 Å². The lowest BCUT2D eigenvalue weighted by molar-refractivity contribution is 0.286. The lowest BCUT2D eigenvalue weighted by atomic mass is 10.1. The molecule has 0 aliphatic carbocycles. The molecule has 0 atom stereocenters. The summed E-state index contributed by atoms with van der Waals surface area (Å²) in [6, 6.07) is 6.64. The molecule has 72 valence electrons. The molecule has 1 aromatic heterocycles. The predicted octanol–water partition coefficient (Wildman–Crippen LogP) is 1.40. The van der Waals surface area contributed by atoms with E-state index in [4.69, 9.17) is 10.2 Å². The van der Waals surface area contributed by atoms with Gasteiger partial charge >= 0.3 is 0 Å². The van der Waals surface area contributed by atoms with Gasteiger partial charge in [-0.1, -0.05) is 4.49 Å². The van der Waals surface area contributed by atoms with Crippen molar-refractivity contribution in [2.45, 2.75) is 6.61 Å². The summed E-state index contributed by atoms with van der Waals surface area (Å²) < 4.78 is 3.76. The van der Waals surface area contributed by atoms with Gasteiger partial charge < -0.3 is 10.2 Å². The third-order valence-electron chi connectivity index (χ3n) is 1.84. The fourth-order valence-electron chi connectivity index (χ4n) is 1.15. The summed E-state index contributed by atoms with van der Waals surface area (Å²) in [6.45, 7) is -0.0616. The fourth-order valence-corrected chi connectivity index (χ4v) is 1.68. The van der Waals surface area contributed by atoms with Gasteiger partial charge in [-0.15, -0.1) is 5.10 Å². The van der Waals surface area contributed by atoms with Crippen molar-refractivity contribution < 1.29 is 10.2 Å². The Bertz CT molecular complexity index is 425. The Hall–Kier alpha value is -1.46. The van der Waals surface area contributed by atoms with Gasteiger partial charge in [-0.2, -0.15) is 0 Å². The van der Waals surface area contributed by atoms with Crippen molar-refractivity contribution >= 4 is 11.5 Å². The van der Waals surface area contributed by atoms with Crippen LogP contribution in [-0.4, -0.2) is 19.8 Å². The van der Waals surface area contributed by atoms with Crippen LogP contribution in [0.15, 0.2) is 24.3 Å². The van der Waals surface area contributed by atoms with Crippen LogP contribution in [0.25, 0.3) is 11.3 Å². The number of hydrogen-bond donors (Lipinski definition) is 2. The second kappa shape index (κ2) is 3.73. The summed E-state index contributed by atoms with van der Waals surface area (Å²) in [5, 5.41) is 22.0.